The number of aliphatic hydroxyl groups excluding tert-OH is 1. The van der Waals surface area contributed by atoms with E-state index in [1.807, 2.05) is 6.92 Å². The molecule has 110 valence electrons. The van der Waals surface area contributed by atoms with Crippen molar-refractivity contribution < 1.29 is 15.0 Å². The van der Waals surface area contributed by atoms with Gasteiger partial charge in [0, 0.05) is 25.2 Å². The Hall–Kier alpha value is -2.22. The van der Waals surface area contributed by atoms with Crippen molar-refractivity contribution in [2.45, 2.75) is 26.4 Å². The molecule has 0 aliphatic rings. The first-order valence-electron chi connectivity index (χ1n) is 6.23. The Labute approximate surface area is 115 Å². The largest absolute Gasteiger partial charge is 0.392 e. The van der Waals surface area contributed by atoms with Crippen molar-refractivity contribution in [3.8, 4) is 0 Å². The van der Waals surface area contributed by atoms with E-state index in [1.165, 1.54) is 30.0 Å². The lowest BCUT2D eigenvalue weighted by atomic mass is 10.2. The van der Waals surface area contributed by atoms with Crippen LogP contribution in [0.25, 0.3) is 0 Å². The van der Waals surface area contributed by atoms with Gasteiger partial charge < -0.3 is 10.0 Å². The highest BCUT2D eigenvalue weighted by molar-refractivity contribution is 5.75. The Bertz CT molecular complexity index is 472. The van der Waals surface area contributed by atoms with Crippen LogP contribution in [0.1, 0.15) is 20.3 Å². The van der Waals surface area contributed by atoms with Crippen LogP contribution in [-0.4, -0.2) is 34.1 Å². The van der Waals surface area contributed by atoms with Crippen LogP contribution in [0.5, 0.6) is 0 Å². The van der Waals surface area contributed by atoms with Crippen LogP contribution in [0, 0.1) is 20.2 Å². The van der Waals surface area contributed by atoms with E-state index in [9.17, 15) is 25.3 Å². The number of anilines is 1. The molecule has 20 heavy (non-hydrogen) atoms. The molecule has 0 radical (unpaired) electrons. The van der Waals surface area contributed by atoms with Crippen molar-refractivity contribution in [1.29, 1.82) is 0 Å². The molecule has 1 aromatic rings. The van der Waals surface area contributed by atoms with Crippen molar-refractivity contribution in [1.82, 2.24) is 0 Å². The molecule has 0 aliphatic heterocycles. The number of benzene rings is 1. The molecule has 0 heterocycles. The number of para-hydroxylation sites is 1. The maximum Gasteiger partial charge on any atom is 0.299 e. The molecule has 0 bridgehead atoms. The van der Waals surface area contributed by atoms with Crippen molar-refractivity contribution in [2.75, 3.05) is 18.0 Å². The van der Waals surface area contributed by atoms with Gasteiger partial charge in [0.25, 0.3) is 11.4 Å². The first-order valence-corrected chi connectivity index (χ1v) is 6.23. The Morgan fingerprint density at radius 1 is 1.25 bits per heavy atom. The van der Waals surface area contributed by atoms with E-state index in [4.69, 9.17) is 0 Å². The molecule has 1 rings (SSSR count). The van der Waals surface area contributed by atoms with Gasteiger partial charge in [0.1, 0.15) is 0 Å². The quantitative estimate of drug-likeness (QED) is 0.606. The molecule has 0 aliphatic carbocycles. The molecule has 1 unspecified atom stereocenters. The number of hydrogen-bond acceptors (Lipinski definition) is 6. The zero-order chi connectivity index (χ0) is 15.3. The lowest BCUT2D eigenvalue weighted by Crippen LogP contribution is -2.32. The van der Waals surface area contributed by atoms with E-state index in [1.54, 1.807) is 0 Å². The topological polar surface area (TPSA) is 110 Å². The lowest BCUT2D eigenvalue weighted by Gasteiger charge is -2.24. The molecule has 0 saturated heterocycles. The maximum atomic E-state index is 11.1. The summed E-state index contributed by atoms with van der Waals surface area (Å²) in [6.07, 6.45) is -0.100. The van der Waals surface area contributed by atoms with Gasteiger partial charge in [-0.25, -0.2) is 0 Å². The third-order valence-electron chi connectivity index (χ3n) is 2.68. The Morgan fingerprint density at radius 3 is 2.10 bits per heavy atom. The molecule has 8 heteroatoms. The predicted molar refractivity (Wildman–Crippen MR) is 73.9 cm³/mol. The maximum absolute atomic E-state index is 11.1. The monoisotopic (exact) mass is 283 g/mol. The SMILES string of the molecule is CCCN(CC(C)O)c1c([N+](=O)[O-])cccc1[N+](=O)[O-]. The molecule has 1 N–H and O–H groups in total. The minimum Gasteiger partial charge on any atom is -0.392 e. The van der Waals surface area contributed by atoms with Crippen LogP contribution < -0.4 is 4.90 Å². The van der Waals surface area contributed by atoms with Gasteiger partial charge in [0.05, 0.1) is 16.0 Å². The van der Waals surface area contributed by atoms with Crippen LogP contribution in [0.4, 0.5) is 17.1 Å². The Balaban J connectivity index is 3.42. The van der Waals surface area contributed by atoms with Gasteiger partial charge in [0.15, 0.2) is 5.69 Å². The molecule has 0 fully saturated rings. The third-order valence-corrected chi connectivity index (χ3v) is 2.68. The summed E-state index contributed by atoms with van der Waals surface area (Å²) in [7, 11) is 0. The van der Waals surface area contributed by atoms with E-state index in [-0.39, 0.29) is 23.6 Å². The number of nitro groups is 2. The minimum atomic E-state index is -0.749. The third kappa shape index (κ3) is 3.64. The summed E-state index contributed by atoms with van der Waals surface area (Å²) in [5, 5.41) is 31.7. The van der Waals surface area contributed by atoms with Gasteiger partial charge in [-0.2, -0.15) is 0 Å². The number of nitro benzene ring substituents is 2. The Morgan fingerprint density at radius 2 is 1.75 bits per heavy atom. The molecule has 1 atom stereocenters. The highest BCUT2D eigenvalue weighted by atomic mass is 16.6. The molecule has 0 saturated carbocycles. The van der Waals surface area contributed by atoms with Crippen molar-refractivity contribution in [3.63, 3.8) is 0 Å². The van der Waals surface area contributed by atoms with Gasteiger partial charge in [-0.3, -0.25) is 20.2 Å². The number of aliphatic hydroxyl groups is 1. The van der Waals surface area contributed by atoms with Gasteiger partial charge >= 0.3 is 0 Å². The molecule has 0 aromatic heterocycles. The van der Waals surface area contributed by atoms with Crippen LogP contribution >= 0.6 is 0 Å². The molecule has 1 aromatic carbocycles. The fourth-order valence-electron chi connectivity index (χ4n) is 2.02. The number of rotatable bonds is 7. The molecule has 0 amide bonds. The molecular formula is C12H17N3O5. The summed E-state index contributed by atoms with van der Waals surface area (Å²) in [4.78, 5) is 22.4. The van der Waals surface area contributed by atoms with E-state index in [0.717, 1.165) is 0 Å². The summed E-state index contributed by atoms with van der Waals surface area (Å²) in [5.74, 6) is 0. The average molecular weight is 283 g/mol. The fraction of sp³-hybridized carbons (Fsp3) is 0.500. The van der Waals surface area contributed by atoms with Gasteiger partial charge in [-0.15, -0.1) is 0 Å². The smallest absolute Gasteiger partial charge is 0.299 e. The second-order valence-corrected chi connectivity index (χ2v) is 4.45. The van der Waals surface area contributed by atoms with Gasteiger partial charge in [0.2, 0.25) is 0 Å². The Kier molecular flexibility index (Phi) is 5.39. The second-order valence-electron chi connectivity index (χ2n) is 4.45. The van der Waals surface area contributed by atoms with Gasteiger partial charge in [-0.05, 0) is 19.4 Å². The first-order chi connectivity index (χ1) is 9.38. The minimum absolute atomic E-state index is 0.0507. The second kappa shape index (κ2) is 6.80. The molecule has 0 spiro atoms. The lowest BCUT2D eigenvalue weighted by molar-refractivity contribution is -0.392. The zero-order valence-electron chi connectivity index (χ0n) is 11.4. The predicted octanol–water partition coefficient (Wildman–Crippen LogP) is 2.10. The molecule has 8 nitrogen and oxygen atoms in total. The van der Waals surface area contributed by atoms with Crippen LogP contribution in [0.2, 0.25) is 0 Å². The van der Waals surface area contributed by atoms with Crippen molar-refractivity contribution in [3.05, 3.63) is 38.4 Å². The van der Waals surface area contributed by atoms with E-state index >= 15 is 0 Å². The summed E-state index contributed by atoms with van der Waals surface area (Å²) in [5.41, 5.74) is -0.702. The highest BCUT2D eigenvalue weighted by Crippen LogP contribution is 2.37. The van der Waals surface area contributed by atoms with Crippen LogP contribution in [0.3, 0.4) is 0 Å². The standard InChI is InChI=1S/C12H17N3O5/c1-3-7-13(8-9(2)16)12-10(14(17)18)5-4-6-11(12)15(19)20/h4-6,9,16H,3,7-8H2,1-2H3. The molecular weight excluding hydrogens is 266 g/mol. The first kappa shape index (κ1) is 15.8. The van der Waals surface area contributed by atoms with E-state index < -0.39 is 16.0 Å². The fourth-order valence-corrected chi connectivity index (χ4v) is 2.02. The van der Waals surface area contributed by atoms with Crippen molar-refractivity contribution >= 4 is 17.1 Å². The zero-order valence-corrected chi connectivity index (χ0v) is 11.4. The summed E-state index contributed by atoms with van der Waals surface area (Å²) in [6.45, 7) is 3.87. The van der Waals surface area contributed by atoms with E-state index in [2.05, 4.69) is 0 Å². The average Bonchev–Trinajstić information content (AvgIpc) is 2.36. The van der Waals surface area contributed by atoms with Crippen molar-refractivity contribution in [2.24, 2.45) is 0 Å². The van der Waals surface area contributed by atoms with Crippen LogP contribution in [-0.2, 0) is 0 Å². The summed E-state index contributed by atoms with van der Waals surface area (Å²) >= 11 is 0. The highest BCUT2D eigenvalue weighted by Gasteiger charge is 2.29. The number of hydrogen-bond donors (Lipinski definition) is 1. The van der Waals surface area contributed by atoms with Gasteiger partial charge in [-0.1, -0.05) is 6.92 Å². The summed E-state index contributed by atoms with van der Waals surface area (Å²) < 4.78 is 0. The normalized spacial score (nSPS) is 11.9. The summed E-state index contributed by atoms with van der Waals surface area (Å²) in [6, 6.07) is 3.74. The number of nitrogens with zero attached hydrogens (tertiary/aromatic N) is 3. The van der Waals surface area contributed by atoms with Crippen LogP contribution in [0.15, 0.2) is 18.2 Å². The van der Waals surface area contributed by atoms with E-state index in [0.29, 0.717) is 13.0 Å².